The second-order valence-electron chi connectivity index (χ2n) is 2.77. The number of rotatable bonds is 4. The van der Waals surface area contributed by atoms with Crippen molar-refractivity contribution in [1.29, 1.82) is 0 Å². The molecule has 15 heavy (non-hydrogen) atoms. The standard InChI is InChI=1S/C9H8F4O2/c10-8(11)9(12,13)15-7-3-1-6(5-14)2-4-7/h1-4,8,14H,5H2. The van der Waals surface area contributed by atoms with Gasteiger partial charge in [0, 0.05) is 0 Å². The predicted molar refractivity (Wildman–Crippen MR) is 43.9 cm³/mol. The maximum atomic E-state index is 12.4. The minimum Gasteiger partial charge on any atom is -0.428 e. The first kappa shape index (κ1) is 11.8. The first-order valence-corrected chi connectivity index (χ1v) is 4.00. The quantitative estimate of drug-likeness (QED) is 0.796. The Morgan fingerprint density at radius 2 is 1.73 bits per heavy atom. The van der Waals surface area contributed by atoms with Crippen LogP contribution in [0.1, 0.15) is 5.56 Å². The Morgan fingerprint density at radius 3 is 2.13 bits per heavy atom. The van der Waals surface area contributed by atoms with Crippen molar-refractivity contribution in [3.05, 3.63) is 29.8 Å². The van der Waals surface area contributed by atoms with Crippen molar-refractivity contribution >= 4 is 0 Å². The van der Waals surface area contributed by atoms with Gasteiger partial charge in [0.05, 0.1) is 6.61 Å². The molecular formula is C9H8F4O2. The highest BCUT2D eigenvalue weighted by Gasteiger charge is 2.43. The first-order chi connectivity index (χ1) is 6.95. The molecule has 6 heteroatoms. The van der Waals surface area contributed by atoms with Crippen LogP contribution in [-0.2, 0) is 6.61 Å². The van der Waals surface area contributed by atoms with E-state index in [9.17, 15) is 17.6 Å². The normalized spacial score (nSPS) is 11.9. The largest absolute Gasteiger partial charge is 0.461 e. The molecule has 0 fully saturated rings. The lowest BCUT2D eigenvalue weighted by Gasteiger charge is -2.16. The summed E-state index contributed by atoms with van der Waals surface area (Å²) in [5.74, 6) is -0.377. The molecular weight excluding hydrogens is 216 g/mol. The maximum absolute atomic E-state index is 12.4. The lowest BCUT2D eigenvalue weighted by atomic mass is 10.2. The van der Waals surface area contributed by atoms with E-state index in [-0.39, 0.29) is 12.4 Å². The van der Waals surface area contributed by atoms with Crippen LogP contribution in [0.2, 0.25) is 0 Å². The number of hydrogen-bond donors (Lipinski definition) is 1. The minimum absolute atomic E-state index is 0.258. The van der Waals surface area contributed by atoms with E-state index in [1.54, 1.807) is 0 Å². The van der Waals surface area contributed by atoms with Gasteiger partial charge < -0.3 is 9.84 Å². The number of aliphatic hydroxyl groups is 1. The number of halogens is 4. The van der Waals surface area contributed by atoms with Crippen LogP contribution >= 0.6 is 0 Å². The monoisotopic (exact) mass is 224 g/mol. The molecule has 0 saturated carbocycles. The summed E-state index contributed by atoms with van der Waals surface area (Å²) in [7, 11) is 0. The molecule has 0 bridgehead atoms. The van der Waals surface area contributed by atoms with Gasteiger partial charge in [0.15, 0.2) is 0 Å². The first-order valence-electron chi connectivity index (χ1n) is 4.00. The highest BCUT2D eigenvalue weighted by molar-refractivity contribution is 5.27. The maximum Gasteiger partial charge on any atom is 0.461 e. The zero-order valence-electron chi connectivity index (χ0n) is 7.46. The third kappa shape index (κ3) is 3.09. The summed E-state index contributed by atoms with van der Waals surface area (Å²) in [6, 6.07) is 4.78. The van der Waals surface area contributed by atoms with Crippen LogP contribution in [0.25, 0.3) is 0 Å². The van der Waals surface area contributed by atoms with Crippen LogP contribution in [0, 0.1) is 0 Å². The molecule has 1 N–H and O–H groups in total. The van der Waals surface area contributed by atoms with Crippen LogP contribution < -0.4 is 4.74 Å². The Kier molecular flexibility index (Phi) is 3.52. The summed E-state index contributed by atoms with van der Waals surface area (Å²) in [6.07, 6.45) is -8.38. The van der Waals surface area contributed by atoms with E-state index in [1.165, 1.54) is 12.1 Å². The van der Waals surface area contributed by atoms with Gasteiger partial charge in [-0.3, -0.25) is 0 Å². The van der Waals surface area contributed by atoms with Crippen LogP contribution in [0.3, 0.4) is 0 Å². The van der Waals surface area contributed by atoms with Crippen molar-refractivity contribution in [2.45, 2.75) is 19.1 Å². The third-order valence-electron chi connectivity index (χ3n) is 1.61. The van der Waals surface area contributed by atoms with Gasteiger partial charge >= 0.3 is 12.5 Å². The second kappa shape index (κ2) is 4.48. The summed E-state index contributed by atoms with van der Waals surface area (Å²) in [4.78, 5) is 0. The summed E-state index contributed by atoms with van der Waals surface area (Å²) in [6.45, 7) is -0.258. The Labute approximate surface area is 83.1 Å². The van der Waals surface area contributed by atoms with E-state index >= 15 is 0 Å². The Morgan fingerprint density at radius 1 is 1.20 bits per heavy atom. The van der Waals surface area contributed by atoms with Crippen molar-refractivity contribution in [2.75, 3.05) is 0 Å². The molecule has 0 atom stereocenters. The van der Waals surface area contributed by atoms with Crippen molar-refractivity contribution in [3.63, 3.8) is 0 Å². The van der Waals surface area contributed by atoms with Crippen molar-refractivity contribution < 1.29 is 27.4 Å². The molecule has 0 unspecified atom stereocenters. The molecule has 0 aliphatic carbocycles. The molecule has 0 aliphatic rings. The van der Waals surface area contributed by atoms with Gasteiger partial charge in [-0.1, -0.05) is 12.1 Å². The van der Waals surface area contributed by atoms with Crippen LogP contribution in [0.15, 0.2) is 24.3 Å². The summed E-state index contributed by atoms with van der Waals surface area (Å²) in [5.41, 5.74) is 0.475. The predicted octanol–water partition coefficient (Wildman–Crippen LogP) is 2.42. The molecule has 0 heterocycles. The van der Waals surface area contributed by atoms with E-state index in [2.05, 4.69) is 4.74 Å². The topological polar surface area (TPSA) is 29.5 Å². The Hall–Kier alpha value is -1.30. The average Bonchev–Trinajstić information content (AvgIpc) is 2.18. The molecule has 0 spiro atoms. The fourth-order valence-electron chi connectivity index (χ4n) is 0.865. The highest BCUT2D eigenvalue weighted by atomic mass is 19.3. The van der Waals surface area contributed by atoms with Crippen LogP contribution in [-0.4, -0.2) is 17.6 Å². The summed E-state index contributed by atoms with van der Waals surface area (Å²) < 4.78 is 52.0. The van der Waals surface area contributed by atoms with Crippen molar-refractivity contribution in [1.82, 2.24) is 0 Å². The SMILES string of the molecule is OCc1ccc(OC(F)(F)C(F)F)cc1. The lowest BCUT2D eigenvalue weighted by Crippen LogP contribution is -2.33. The molecule has 84 valence electrons. The van der Waals surface area contributed by atoms with E-state index in [4.69, 9.17) is 5.11 Å². The van der Waals surface area contributed by atoms with Gasteiger partial charge in [0.25, 0.3) is 0 Å². The summed E-state index contributed by atoms with van der Waals surface area (Å²) >= 11 is 0. The molecule has 2 nitrogen and oxygen atoms in total. The number of alkyl halides is 4. The van der Waals surface area contributed by atoms with E-state index in [0.29, 0.717) is 5.56 Å². The number of aliphatic hydroxyl groups excluding tert-OH is 1. The smallest absolute Gasteiger partial charge is 0.428 e. The fraction of sp³-hybridized carbons (Fsp3) is 0.333. The molecule has 1 rings (SSSR count). The van der Waals surface area contributed by atoms with E-state index < -0.39 is 12.5 Å². The van der Waals surface area contributed by atoms with Gasteiger partial charge in [-0.2, -0.15) is 17.6 Å². The van der Waals surface area contributed by atoms with Crippen LogP contribution in [0.5, 0.6) is 5.75 Å². The molecule has 0 aromatic heterocycles. The average molecular weight is 224 g/mol. The minimum atomic E-state index is -4.50. The van der Waals surface area contributed by atoms with Gasteiger partial charge in [0.1, 0.15) is 5.75 Å². The molecule has 0 aliphatic heterocycles. The highest BCUT2D eigenvalue weighted by Crippen LogP contribution is 2.27. The van der Waals surface area contributed by atoms with Gasteiger partial charge in [-0.15, -0.1) is 0 Å². The van der Waals surface area contributed by atoms with E-state index in [0.717, 1.165) is 12.1 Å². The Balaban J connectivity index is 2.73. The zero-order chi connectivity index (χ0) is 11.5. The molecule has 1 aromatic rings. The van der Waals surface area contributed by atoms with Gasteiger partial charge in [-0.25, -0.2) is 0 Å². The second-order valence-corrected chi connectivity index (χ2v) is 2.77. The third-order valence-corrected chi connectivity index (χ3v) is 1.61. The number of ether oxygens (including phenoxy) is 1. The molecule has 0 saturated heterocycles. The Bertz CT molecular complexity index is 310. The summed E-state index contributed by atoms with van der Waals surface area (Å²) in [5, 5.41) is 8.64. The number of hydrogen-bond acceptors (Lipinski definition) is 2. The van der Waals surface area contributed by atoms with Crippen molar-refractivity contribution in [2.24, 2.45) is 0 Å². The molecule has 0 amide bonds. The zero-order valence-corrected chi connectivity index (χ0v) is 7.46. The lowest BCUT2D eigenvalue weighted by molar-refractivity contribution is -0.253. The van der Waals surface area contributed by atoms with Gasteiger partial charge in [-0.05, 0) is 17.7 Å². The van der Waals surface area contributed by atoms with Crippen molar-refractivity contribution in [3.8, 4) is 5.75 Å². The van der Waals surface area contributed by atoms with E-state index in [1.807, 2.05) is 0 Å². The molecule has 1 aromatic carbocycles. The van der Waals surface area contributed by atoms with Gasteiger partial charge in [0.2, 0.25) is 0 Å². The van der Waals surface area contributed by atoms with Crippen LogP contribution in [0.4, 0.5) is 17.6 Å². The number of benzene rings is 1. The molecule has 0 radical (unpaired) electrons. The fourth-order valence-corrected chi connectivity index (χ4v) is 0.865.